The highest BCUT2D eigenvalue weighted by Gasteiger charge is 2.32. The van der Waals surface area contributed by atoms with E-state index in [1.54, 1.807) is 14.2 Å². The van der Waals surface area contributed by atoms with Crippen molar-refractivity contribution >= 4 is 23.9 Å². The molecule has 1 saturated heterocycles. The van der Waals surface area contributed by atoms with Crippen molar-refractivity contribution < 1.29 is 23.7 Å². The van der Waals surface area contributed by atoms with Gasteiger partial charge in [-0.3, -0.25) is 0 Å². The summed E-state index contributed by atoms with van der Waals surface area (Å²) < 4.78 is 22.5. The van der Waals surface area contributed by atoms with E-state index in [2.05, 4.69) is 11.4 Å². The second kappa shape index (κ2) is 12.6. The second-order valence-corrected chi connectivity index (χ2v) is 10.5. The van der Waals surface area contributed by atoms with Crippen LogP contribution in [-0.2, 0) is 4.74 Å². The van der Waals surface area contributed by atoms with E-state index in [0.717, 1.165) is 41.2 Å². The summed E-state index contributed by atoms with van der Waals surface area (Å²) in [5.41, 5.74) is 2.39. The molecular formula is C32H38N2O5. The quantitative estimate of drug-likeness (QED) is 0.289. The number of methoxy groups -OCH3 is 2. The Labute approximate surface area is 231 Å². The van der Waals surface area contributed by atoms with Crippen LogP contribution in [0.25, 0.3) is 12.2 Å². The Bertz CT molecular complexity index is 1260. The van der Waals surface area contributed by atoms with Crippen LogP contribution >= 0.6 is 0 Å². The van der Waals surface area contributed by atoms with Crippen LogP contribution < -0.4 is 19.5 Å². The van der Waals surface area contributed by atoms with E-state index < -0.39 is 5.60 Å². The SMILES string of the molecule is COc1ccc(/C=C/c2ccc(NCC3CCCN3C(=O)OC(C)(C)C)c(Oc3ccc(OC)cc3)c2)cc1. The summed E-state index contributed by atoms with van der Waals surface area (Å²) in [5, 5.41) is 3.52. The van der Waals surface area contributed by atoms with Gasteiger partial charge >= 0.3 is 6.09 Å². The standard InChI is InChI=1S/C32H38N2O5/c1-32(2,3)39-31(35)34-20-6-7-25(34)22-33-29-19-12-24(9-8-23-10-13-26(36-4)14-11-23)21-30(29)38-28-17-15-27(37-5)16-18-28/h8-19,21,25,33H,6-7,20,22H2,1-5H3/b9-8+. The van der Waals surface area contributed by atoms with Gasteiger partial charge in [-0.1, -0.05) is 30.4 Å². The fourth-order valence-electron chi connectivity index (χ4n) is 4.39. The predicted molar refractivity (Wildman–Crippen MR) is 156 cm³/mol. The zero-order valence-corrected chi connectivity index (χ0v) is 23.4. The van der Waals surface area contributed by atoms with Crippen LogP contribution in [-0.4, -0.2) is 49.9 Å². The number of benzene rings is 3. The Balaban J connectivity index is 1.52. The Hall–Kier alpha value is -4.13. The number of hydrogen-bond donors (Lipinski definition) is 1. The van der Waals surface area contributed by atoms with E-state index >= 15 is 0 Å². The van der Waals surface area contributed by atoms with Gasteiger partial charge in [0.1, 0.15) is 22.8 Å². The van der Waals surface area contributed by atoms with Gasteiger partial charge in [-0.05, 0) is 93.3 Å². The lowest BCUT2D eigenvalue weighted by molar-refractivity contribution is 0.0235. The van der Waals surface area contributed by atoms with Crippen LogP contribution in [0.5, 0.6) is 23.0 Å². The summed E-state index contributed by atoms with van der Waals surface area (Å²) >= 11 is 0. The van der Waals surface area contributed by atoms with Gasteiger partial charge in [-0.15, -0.1) is 0 Å². The molecule has 1 aliphatic heterocycles. The van der Waals surface area contributed by atoms with Crippen LogP contribution in [0.3, 0.4) is 0 Å². The first-order valence-electron chi connectivity index (χ1n) is 13.3. The minimum atomic E-state index is -0.522. The van der Waals surface area contributed by atoms with Gasteiger partial charge in [0.25, 0.3) is 0 Å². The number of likely N-dealkylation sites (tertiary alicyclic amines) is 1. The summed E-state index contributed by atoms with van der Waals surface area (Å²) in [6.07, 6.45) is 5.71. The lowest BCUT2D eigenvalue weighted by Crippen LogP contribution is -2.42. The molecule has 7 nitrogen and oxygen atoms in total. The third-order valence-corrected chi connectivity index (χ3v) is 6.41. The largest absolute Gasteiger partial charge is 0.497 e. The van der Waals surface area contributed by atoms with Crippen LogP contribution in [0.4, 0.5) is 10.5 Å². The first-order chi connectivity index (χ1) is 18.7. The van der Waals surface area contributed by atoms with Crippen LogP contribution in [0, 0.1) is 0 Å². The molecule has 1 fully saturated rings. The fraction of sp³-hybridized carbons (Fsp3) is 0.344. The summed E-state index contributed by atoms with van der Waals surface area (Å²) in [7, 11) is 3.30. The van der Waals surface area contributed by atoms with Gasteiger partial charge in [0, 0.05) is 13.1 Å². The van der Waals surface area contributed by atoms with E-state index in [1.807, 2.05) is 98.5 Å². The van der Waals surface area contributed by atoms with Gasteiger partial charge in [0.05, 0.1) is 25.9 Å². The van der Waals surface area contributed by atoms with Crippen molar-refractivity contribution in [3.63, 3.8) is 0 Å². The Morgan fingerprint density at radius 1 is 0.897 bits per heavy atom. The maximum Gasteiger partial charge on any atom is 0.410 e. The van der Waals surface area contributed by atoms with Crippen molar-refractivity contribution in [2.24, 2.45) is 0 Å². The highest BCUT2D eigenvalue weighted by atomic mass is 16.6. The molecule has 1 unspecified atom stereocenters. The number of anilines is 1. The maximum atomic E-state index is 12.7. The van der Waals surface area contributed by atoms with E-state index in [1.165, 1.54) is 0 Å². The van der Waals surface area contributed by atoms with Gasteiger partial charge in [0.15, 0.2) is 5.75 Å². The van der Waals surface area contributed by atoms with E-state index in [9.17, 15) is 4.79 Å². The number of rotatable bonds is 9. The van der Waals surface area contributed by atoms with Crippen molar-refractivity contribution in [1.82, 2.24) is 4.90 Å². The monoisotopic (exact) mass is 530 g/mol. The van der Waals surface area contributed by atoms with Crippen molar-refractivity contribution in [1.29, 1.82) is 0 Å². The Morgan fingerprint density at radius 2 is 1.49 bits per heavy atom. The second-order valence-electron chi connectivity index (χ2n) is 10.5. The molecule has 206 valence electrons. The lowest BCUT2D eigenvalue weighted by Gasteiger charge is -2.29. The molecule has 0 aromatic heterocycles. The van der Waals surface area contributed by atoms with Crippen molar-refractivity contribution in [3.05, 3.63) is 77.9 Å². The lowest BCUT2D eigenvalue weighted by atomic mass is 10.1. The zero-order chi connectivity index (χ0) is 27.8. The number of carbonyl (C=O) groups excluding carboxylic acids is 1. The summed E-state index contributed by atoms with van der Waals surface area (Å²) in [6, 6.07) is 21.5. The van der Waals surface area contributed by atoms with E-state index in [4.69, 9.17) is 18.9 Å². The molecule has 7 heteroatoms. The van der Waals surface area contributed by atoms with Crippen LogP contribution in [0.15, 0.2) is 66.7 Å². The molecule has 1 N–H and O–H groups in total. The number of carbonyl (C=O) groups is 1. The predicted octanol–water partition coefficient (Wildman–Crippen LogP) is 7.48. The molecule has 3 aromatic rings. The molecule has 0 aliphatic carbocycles. The summed E-state index contributed by atoms with van der Waals surface area (Å²) in [5.74, 6) is 2.98. The molecule has 39 heavy (non-hydrogen) atoms. The average molecular weight is 531 g/mol. The number of amides is 1. The van der Waals surface area contributed by atoms with Crippen molar-refractivity contribution in [2.75, 3.05) is 32.6 Å². The maximum absolute atomic E-state index is 12.7. The van der Waals surface area contributed by atoms with Gasteiger partial charge in [-0.2, -0.15) is 0 Å². The molecular weight excluding hydrogens is 492 g/mol. The first-order valence-corrected chi connectivity index (χ1v) is 13.3. The number of hydrogen-bond acceptors (Lipinski definition) is 6. The highest BCUT2D eigenvalue weighted by Crippen LogP contribution is 2.33. The first kappa shape index (κ1) is 27.9. The van der Waals surface area contributed by atoms with Gasteiger partial charge < -0.3 is 29.2 Å². The van der Waals surface area contributed by atoms with Crippen molar-refractivity contribution in [3.8, 4) is 23.0 Å². The van der Waals surface area contributed by atoms with E-state index in [-0.39, 0.29) is 12.1 Å². The summed E-state index contributed by atoms with van der Waals surface area (Å²) in [6.45, 7) is 6.97. The molecule has 0 spiro atoms. The van der Waals surface area contributed by atoms with Gasteiger partial charge in [0.2, 0.25) is 0 Å². The molecule has 1 heterocycles. The van der Waals surface area contributed by atoms with Crippen LogP contribution in [0.2, 0.25) is 0 Å². The Kier molecular flexibility index (Phi) is 9.02. The number of nitrogens with one attached hydrogen (secondary N) is 1. The molecule has 0 radical (unpaired) electrons. The summed E-state index contributed by atoms with van der Waals surface area (Å²) in [4.78, 5) is 14.6. The third kappa shape index (κ3) is 7.93. The smallest absolute Gasteiger partial charge is 0.410 e. The zero-order valence-electron chi connectivity index (χ0n) is 23.4. The minimum absolute atomic E-state index is 0.0448. The average Bonchev–Trinajstić information content (AvgIpc) is 3.40. The highest BCUT2D eigenvalue weighted by molar-refractivity contribution is 5.73. The van der Waals surface area contributed by atoms with Gasteiger partial charge in [-0.25, -0.2) is 4.79 Å². The molecule has 1 aliphatic rings. The molecule has 1 amide bonds. The molecule has 0 bridgehead atoms. The van der Waals surface area contributed by atoms with Crippen molar-refractivity contribution in [2.45, 2.75) is 45.3 Å². The number of nitrogens with zero attached hydrogens (tertiary/aromatic N) is 1. The topological polar surface area (TPSA) is 69.3 Å². The molecule has 3 aromatic carbocycles. The molecule has 1 atom stereocenters. The molecule has 4 rings (SSSR count). The number of ether oxygens (including phenoxy) is 4. The minimum Gasteiger partial charge on any atom is -0.497 e. The Morgan fingerprint density at radius 3 is 2.13 bits per heavy atom. The normalized spacial score (nSPS) is 15.3. The van der Waals surface area contributed by atoms with Crippen LogP contribution in [0.1, 0.15) is 44.7 Å². The third-order valence-electron chi connectivity index (χ3n) is 6.41. The molecule has 0 saturated carbocycles. The fourth-order valence-corrected chi connectivity index (χ4v) is 4.39. The van der Waals surface area contributed by atoms with E-state index in [0.29, 0.717) is 24.6 Å².